The molecule has 92 valence electrons. The van der Waals surface area contributed by atoms with Gasteiger partial charge >= 0.3 is 0 Å². The lowest BCUT2D eigenvalue weighted by molar-refractivity contribution is -0.124. The number of rotatable bonds is 6. The Morgan fingerprint density at radius 2 is 2.12 bits per heavy atom. The van der Waals surface area contributed by atoms with E-state index in [1.165, 1.54) is 6.42 Å². The Balaban J connectivity index is 2.49. The van der Waals surface area contributed by atoms with E-state index in [0.29, 0.717) is 5.92 Å². The number of hydrogen-bond donors (Lipinski definition) is 2. The second-order valence-electron chi connectivity index (χ2n) is 4.68. The lowest BCUT2D eigenvalue weighted by Gasteiger charge is -2.32. The number of primary amides is 1. The Bertz CT molecular complexity index is 257. The van der Waals surface area contributed by atoms with Crippen LogP contribution in [0.15, 0.2) is 12.2 Å². The molecule has 0 saturated heterocycles. The Kier molecular flexibility index (Phi) is 5.00. The van der Waals surface area contributed by atoms with Crippen molar-refractivity contribution in [3.05, 3.63) is 12.2 Å². The molecule has 0 fully saturated rings. The average Bonchev–Trinajstić information content (AvgIpc) is 2.32. The van der Waals surface area contributed by atoms with Crippen LogP contribution in [0.5, 0.6) is 0 Å². The first-order valence-electron chi connectivity index (χ1n) is 6.34. The van der Waals surface area contributed by atoms with Gasteiger partial charge in [0.05, 0.1) is 5.54 Å². The van der Waals surface area contributed by atoms with E-state index in [1.54, 1.807) is 0 Å². The van der Waals surface area contributed by atoms with Crippen LogP contribution in [0.25, 0.3) is 0 Å². The maximum absolute atomic E-state index is 11.5. The van der Waals surface area contributed by atoms with Gasteiger partial charge in [0.25, 0.3) is 0 Å². The molecule has 0 saturated carbocycles. The minimum atomic E-state index is -0.499. The Labute approximate surface area is 98.5 Å². The molecule has 3 nitrogen and oxygen atoms in total. The summed E-state index contributed by atoms with van der Waals surface area (Å²) in [6, 6.07) is 0. The maximum Gasteiger partial charge on any atom is 0.237 e. The second kappa shape index (κ2) is 6.04. The first-order chi connectivity index (χ1) is 7.64. The molecule has 0 bridgehead atoms. The lowest BCUT2D eigenvalue weighted by atomic mass is 9.89. The van der Waals surface area contributed by atoms with Gasteiger partial charge in [-0.15, -0.1) is 0 Å². The minimum absolute atomic E-state index is 0.219. The SMILES string of the molecule is CCC(CC)(NC[C@H]1CC=CCC1)C(N)=O. The summed E-state index contributed by atoms with van der Waals surface area (Å²) in [5, 5.41) is 3.39. The molecule has 1 atom stereocenters. The zero-order valence-electron chi connectivity index (χ0n) is 10.5. The molecule has 1 aliphatic rings. The molecule has 0 spiro atoms. The molecule has 0 aliphatic heterocycles. The van der Waals surface area contributed by atoms with E-state index in [2.05, 4.69) is 17.5 Å². The van der Waals surface area contributed by atoms with Crippen molar-refractivity contribution in [3.63, 3.8) is 0 Å². The quantitative estimate of drug-likeness (QED) is 0.678. The normalized spacial score (nSPS) is 21.0. The van der Waals surface area contributed by atoms with Gasteiger partial charge in [-0.3, -0.25) is 4.79 Å². The molecule has 1 rings (SSSR count). The molecule has 1 aliphatic carbocycles. The van der Waals surface area contributed by atoms with Gasteiger partial charge in [0.1, 0.15) is 0 Å². The zero-order valence-corrected chi connectivity index (χ0v) is 10.5. The third-order valence-corrected chi connectivity index (χ3v) is 3.79. The van der Waals surface area contributed by atoms with Crippen LogP contribution in [0, 0.1) is 5.92 Å². The molecule has 0 aromatic carbocycles. The monoisotopic (exact) mass is 224 g/mol. The van der Waals surface area contributed by atoms with Crippen molar-refractivity contribution in [1.29, 1.82) is 0 Å². The van der Waals surface area contributed by atoms with Crippen LogP contribution in [-0.2, 0) is 4.79 Å². The molecule has 0 heterocycles. The summed E-state index contributed by atoms with van der Waals surface area (Å²) in [5.74, 6) is 0.436. The van der Waals surface area contributed by atoms with E-state index in [4.69, 9.17) is 5.73 Å². The van der Waals surface area contributed by atoms with Crippen LogP contribution in [0.1, 0.15) is 46.0 Å². The van der Waals surface area contributed by atoms with E-state index in [9.17, 15) is 4.79 Å². The highest BCUT2D eigenvalue weighted by Gasteiger charge is 2.32. The minimum Gasteiger partial charge on any atom is -0.368 e. The number of carbonyl (C=O) groups excluding carboxylic acids is 1. The predicted molar refractivity (Wildman–Crippen MR) is 67.0 cm³/mol. The predicted octanol–water partition coefficient (Wildman–Crippen LogP) is 1.98. The molecule has 0 aromatic heterocycles. The van der Waals surface area contributed by atoms with Crippen LogP contribution >= 0.6 is 0 Å². The summed E-state index contributed by atoms with van der Waals surface area (Å²) in [7, 11) is 0. The van der Waals surface area contributed by atoms with E-state index >= 15 is 0 Å². The topological polar surface area (TPSA) is 55.1 Å². The number of nitrogens with one attached hydrogen (secondary N) is 1. The van der Waals surface area contributed by atoms with Gasteiger partial charge in [-0.25, -0.2) is 0 Å². The first kappa shape index (κ1) is 13.2. The molecule has 3 heteroatoms. The van der Waals surface area contributed by atoms with Gasteiger partial charge in [0, 0.05) is 0 Å². The molecular formula is C13H24N2O. The summed E-state index contributed by atoms with van der Waals surface area (Å²) in [4.78, 5) is 11.5. The number of nitrogens with two attached hydrogens (primary N) is 1. The molecule has 0 radical (unpaired) electrons. The van der Waals surface area contributed by atoms with E-state index in [0.717, 1.165) is 32.2 Å². The molecule has 0 aromatic rings. The van der Waals surface area contributed by atoms with Gasteiger partial charge in [0.15, 0.2) is 0 Å². The lowest BCUT2D eigenvalue weighted by Crippen LogP contribution is -2.55. The van der Waals surface area contributed by atoms with Crippen LogP contribution in [0.4, 0.5) is 0 Å². The van der Waals surface area contributed by atoms with Crippen LogP contribution < -0.4 is 11.1 Å². The number of carbonyl (C=O) groups is 1. The Morgan fingerprint density at radius 1 is 1.44 bits per heavy atom. The smallest absolute Gasteiger partial charge is 0.237 e. The second-order valence-corrected chi connectivity index (χ2v) is 4.68. The van der Waals surface area contributed by atoms with Crippen molar-refractivity contribution in [3.8, 4) is 0 Å². The van der Waals surface area contributed by atoms with Crippen molar-refractivity contribution >= 4 is 5.91 Å². The van der Waals surface area contributed by atoms with Crippen LogP contribution in [-0.4, -0.2) is 18.0 Å². The van der Waals surface area contributed by atoms with Crippen molar-refractivity contribution in [2.24, 2.45) is 11.7 Å². The van der Waals surface area contributed by atoms with Gasteiger partial charge in [-0.05, 0) is 44.6 Å². The fraction of sp³-hybridized carbons (Fsp3) is 0.769. The largest absolute Gasteiger partial charge is 0.368 e. The molecule has 1 amide bonds. The number of allylic oxidation sites excluding steroid dienone is 2. The highest BCUT2D eigenvalue weighted by molar-refractivity contribution is 5.84. The molecule has 0 unspecified atom stereocenters. The number of hydrogen-bond acceptors (Lipinski definition) is 2. The van der Waals surface area contributed by atoms with Gasteiger partial charge in [-0.2, -0.15) is 0 Å². The summed E-state index contributed by atoms with van der Waals surface area (Å²) in [6.07, 6.45) is 9.50. The van der Waals surface area contributed by atoms with Crippen molar-refractivity contribution in [2.75, 3.05) is 6.54 Å². The highest BCUT2D eigenvalue weighted by atomic mass is 16.1. The number of amides is 1. The van der Waals surface area contributed by atoms with Crippen molar-refractivity contribution in [2.45, 2.75) is 51.5 Å². The zero-order chi connectivity index (χ0) is 12.0. The first-order valence-corrected chi connectivity index (χ1v) is 6.34. The fourth-order valence-corrected chi connectivity index (χ4v) is 2.32. The van der Waals surface area contributed by atoms with Crippen LogP contribution in [0.3, 0.4) is 0 Å². The third-order valence-electron chi connectivity index (χ3n) is 3.79. The van der Waals surface area contributed by atoms with E-state index in [-0.39, 0.29) is 5.91 Å². The molecular weight excluding hydrogens is 200 g/mol. The highest BCUT2D eigenvalue weighted by Crippen LogP contribution is 2.20. The van der Waals surface area contributed by atoms with Crippen molar-refractivity contribution < 1.29 is 4.79 Å². The molecule has 3 N–H and O–H groups in total. The summed E-state index contributed by atoms with van der Waals surface area (Å²) in [6.45, 7) is 4.93. The van der Waals surface area contributed by atoms with Gasteiger partial charge < -0.3 is 11.1 Å². The van der Waals surface area contributed by atoms with Crippen LogP contribution in [0.2, 0.25) is 0 Å². The Morgan fingerprint density at radius 3 is 2.56 bits per heavy atom. The molecule has 16 heavy (non-hydrogen) atoms. The summed E-state index contributed by atoms with van der Waals surface area (Å²) < 4.78 is 0. The van der Waals surface area contributed by atoms with E-state index < -0.39 is 5.54 Å². The summed E-state index contributed by atoms with van der Waals surface area (Å²) in [5.41, 5.74) is 4.99. The fourth-order valence-electron chi connectivity index (χ4n) is 2.32. The van der Waals surface area contributed by atoms with Gasteiger partial charge in [0.2, 0.25) is 5.91 Å². The average molecular weight is 224 g/mol. The maximum atomic E-state index is 11.5. The third kappa shape index (κ3) is 3.08. The Hall–Kier alpha value is -0.830. The van der Waals surface area contributed by atoms with Gasteiger partial charge in [-0.1, -0.05) is 26.0 Å². The standard InChI is InChI=1S/C13H24N2O/c1-3-13(4-2,12(14)16)15-10-11-8-6-5-7-9-11/h5-6,11,15H,3-4,7-10H2,1-2H3,(H2,14,16)/t11-/m0/s1. The van der Waals surface area contributed by atoms with E-state index in [1.807, 2.05) is 13.8 Å². The van der Waals surface area contributed by atoms with Crippen molar-refractivity contribution in [1.82, 2.24) is 5.32 Å². The summed E-state index contributed by atoms with van der Waals surface area (Å²) >= 11 is 0.